The van der Waals surface area contributed by atoms with Crippen molar-refractivity contribution in [3.05, 3.63) is 12.2 Å². The quantitative estimate of drug-likeness (QED) is 0.410. The highest BCUT2D eigenvalue weighted by atomic mass is 16.2. The summed E-state index contributed by atoms with van der Waals surface area (Å²) in [5.41, 5.74) is 0. The summed E-state index contributed by atoms with van der Waals surface area (Å²) < 4.78 is 0. The van der Waals surface area contributed by atoms with Crippen molar-refractivity contribution in [2.45, 2.75) is 46.0 Å². The van der Waals surface area contributed by atoms with Crippen LogP contribution in [0.5, 0.6) is 0 Å². The molecule has 0 saturated heterocycles. The zero-order valence-corrected chi connectivity index (χ0v) is 8.38. The Bertz CT molecular complexity index is 108. The lowest BCUT2D eigenvalue weighted by molar-refractivity contribution is 0.171. The highest BCUT2D eigenvalue weighted by molar-refractivity contribution is 4.79. The summed E-state index contributed by atoms with van der Waals surface area (Å²) in [4.78, 5) is 0. The minimum atomic E-state index is 0.0893. The van der Waals surface area contributed by atoms with E-state index in [1.807, 2.05) is 0 Å². The van der Waals surface area contributed by atoms with E-state index in [0.29, 0.717) is 5.92 Å². The van der Waals surface area contributed by atoms with Gasteiger partial charge in [0, 0.05) is 0 Å². The zero-order chi connectivity index (χ0) is 9.23. The maximum Gasteiger partial charge on any atom is 0.0824 e. The topological polar surface area (TPSA) is 19.9 Å². The standard InChI is InChI=1S/C11H21O/c1-3-4-5-6-7-8-11(2)9-10-12/h4-5,11H,3,6-10H2,1-2H3. The van der Waals surface area contributed by atoms with Gasteiger partial charge in [0.2, 0.25) is 0 Å². The predicted molar refractivity (Wildman–Crippen MR) is 52.6 cm³/mol. The summed E-state index contributed by atoms with van der Waals surface area (Å²) in [7, 11) is 0. The molecule has 0 aromatic heterocycles. The average molecular weight is 169 g/mol. The molecule has 1 atom stereocenters. The van der Waals surface area contributed by atoms with Crippen molar-refractivity contribution in [2.75, 3.05) is 6.61 Å². The Hall–Kier alpha value is -0.300. The van der Waals surface area contributed by atoms with Gasteiger partial charge in [-0.25, -0.2) is 5.11 Å². The molecule has 71 valence electrons. The summed E-state index contributed by atoms with van der Waals surface area (Å²) in [6.07, 6.45) is 10.0. The third-order valence-electron chi connectivity index (χ3n) is 2.08. The second kappa shape index (κ2) is 8.79. The second-order valence-electron chi connectivity index (χ2n) is 3.41. The van der Waals surface area contributed by atoms with E-state index in [1.165, 1.54) is 19.3 Å². The van der Waals surface area contributed by atoms with Gasteiger partial charge in [-0.1, -0.05) is 32.4 Å². The van der Waals surface area contributed by atoms with Gasteiger partial charge >= 0.3 is 0 Å². The largest absolute Gasteiger partial charge is 0.237 e. The summed E-state index contributed by atoms with van der Waals surface area (Å²) in [5, 5.41) is 10.3. The van der Waals surface area contributed by atoms with Crippen molar-refractivity contribution in [1.29, 1.82) is 0 Å². The molecule has 0 aliphatic rings. The molecule has 1 nitrogen and oxygen atoms in total. The molecule has 12 heavy (non-hydrogen) atoms. The Morgan fingerprint density at radius 1 is 1.25 bits per heavy atom. The Morgan fingerprint density at radius 2 is 2.00 bits per heavy atom. The number of unbranched alkanes of at least 4 members (excludes halogenated alkanes) is 1. The Kier molecular flexibility index (Phi) is 8.57. The van der Waals surface area contributed by atoms with E-state index in [9.17, 15) is 5.11 Å². The van der Waals surface area contributed by atoms with Crippen LogP contribution in [0.1, 0.15) is 46.0 Å². The van der Waals surface area contributed by atoms with E-state index < -0.39 is 0 Å². The van der Waals surface area contributed by atoms with Gasteiger partial charge in [0.25, 0.3) is 0 Å². The molecule has 0 spiro atoms. The van der Waals surface area contributed by atoms with Crippen LogP contribution in [0, 0.1) is 5.92 Å². The molecular formula is C11H21O. The molecule has 0 N–H and O–H groups in total. The zero-order valence-electron chi connectivity index (χ0n) is 8.38. The lowest BCUT2D eigenvalue weighted by Gasteiger charge is -2.06. The molecule has 0 aromatic rings. The highest BCUT2D eigenvalue weighted by Crippen LogP contribution is 2.11. The van der Waals surface area contributed by atoms with Gasteiger partial charge in [-0.2, -0.15) is 0 Å². The lowest BCUT2D eigenvalue weighted by Crippen LogP contribution is -1.96. The van der Waals surface area contributed by atoms with Gasteiger partial charge in [-0.05, 0) is 31.6 Å². The van der Waals surface area contributed by atoms with E-state index in [1.54, 1.807) is 0 Å². The first-order valence-corrected chi connectivity index (χ1v) is 5.04. The molecule has 1 radical (unpaired) electrons. The van der Waals surface area contributed by atoms with Crippen LogP contribution in [-0.4, -0.2) is 6.61 Å². The van der Waals surface area contributed by atoms with Crippen molar-refractivity contribution in [1.82, 2.24) is 0 Å². The van der Waals surface area contributed by atoms with Crippen LogP contribution in [0.4, 0.5) is 0 Å². The van der Waals surface area contributed by atoms with Crippen LogP contribution in [-0.2, 0) is 5.11 Å². The maximum absolute atomic E-state index is 10.3. The van der Waals surface area contributed by atoms with Crippen LogP contribution < -0.4 is 0 Å². The van der Waals surface area contributed by atoms with E-state index in [-0.39, 0.29) is 6.61 Å². The number of hydrogen-bond donors (Lipinski definition) is 0. The minimum Gasteiger partial charge on any atom is -0.237 e. The first-order chi connectivity index (χ1) is 5.81. The first kappa shape index (κ1) is 11.7. The highest BCUT2D eigenvalue weighted by Gasteiger charge is 1.99. The fourth-order valence-corrected chi connectivity index (χ4v) is 1.21. The molecule has 0 aliphatic carbocycles. The molecule has 1 unspecified atom stereocenters. The molecule has 0 bridgehead atoms. The van der Waals surface area contributed by atoms with Crippen LogP contribution in [0.15, 0.2) is 12.2 Å². The molecule has 1 heteroatoms. The Morgan fingerprint density at radius 3 is 2.58 bits per heavy atom. The Balaban J connectivity index is 3.13. The van der Waals surface area contributed by atoms with Gasteiger partial charge in [0.15, 0.2) is 0 Å². The van der Waals surface area contributed by atoms with E-state index in [4.69, 9.17) is 0 Å². The van der Waals surface area contributed by atoms with Crippen molar-refractivity contribution in [2.24, 2.45) is 5.92 Å². The van der Waals surface area contributed by atoms with Crippen molar-refractivity contribution in [3.8, 4) is 0 Å². The number of allylic oxidation sites excluding steroid dienone is 2. The fraction of sp³-hybridized carbons (Fsp3) is 0.818. The summed E-state index contributed by atoms with van der Waals surface area (Å²) in [5.74, 6) is 0.623. The third-order valence-corrected chi connectivity index (χ3v) is 2.08. The van der Waals surface area contributed by atoms with Crippen molar-refractivity contribution >= 4 is 0 Å². The SMILES string of the molecule is CCC=CCCCC(C)CC[O]. The minimum absolute atomic E-state index is 0.0893. The van der Waals surface area contributed by atoms with Crippen LogP contribution in [0.25, 0.3) is 0 Å². The number of hydrogen-bond acceptors (Lipinski definition) is 0. The van der Waals surface area contributed by atoms with E-state index >= 15 is 0 Å². The summed E-state index contributed by atoms with van der Waals surface area (Å²) >= 11 is 0. The van der Waals surface area contributed by atoms with E-state index in [0.717, 1.165) is 12.8 Å². The molecule has 0 saturated carbocycles. The van der Waals surface area contributed by atoms with Gasteiger partial charge in [0.1, 0.15) is 0 Å². The monoisotopic (exact) mass is 169 g/mol. The molecule has 0 fully saturated rings. The molecular weight excluding hydrogens is 148 g/mol. The molecule has 0 aromatic carbocycles. The number of rotatable bonds is 7. The Labute approximate surface area is 76.5 Å². The first-order valence-electron chi connectivity index (χ1n) is 5.04. The smallest absolute Gasteiger partial charge is 0.0824 e. The summed E-state index contributed by atoms with van der Waals surface area (Å²) in [6.45, 7) is 4.41. The fourth-order valence-electron chi connectivity index (χ4n) is 1.21. The molecule has 0 rings (SSSR count). The normalized spacial score (nSPS) is 13.9. The van der Waals surface area contributed by atoms with Gasteiger partial charge < -0.3 is 0 Å². The molecule has 0 aliphatic heterocycles. The second-order valence-corrected chi connectivity index (χ2v) is 3.41. The van der Waals surface area contributed by atoms with Crippen molar-refractivity contribution in [3.63, 3.8) is 0 Å². The summed E-state index contributed by atoms with van der Waals surface area (Å²) in [6, 6.07) is 0. The van der Waals surface area contributed by atoms with Crippen LogP contribution in [0.3, 0.4) is 0 Å². The molecule has 0 amide bonds. The van der Waals surface area contributed by atoms with Gasteiger partial charge in [-0.3, -0.25) is 0 Å². The predicted octanol–water partition coefficient (Wildman–Crippen LogP) is 3.58. The van der Waals surface area contributed by atoms with E-state index in [2.05, 4.69) is 26.0 Å². The van der Waals surface area contributed by atoms with Crippen LogP contribution in [0.2, 0.25) is 0 Å². The van der Waals surface area contributed by atoms with Gasteiger partial charge in [0.05, 0.1) is 6.61 Å². The lowest BCUT2D eigenvalue weighted by atomic mass is 10.0. The maximum atomic E-state index is 10.3. The van der Waals surface area contributed by atoms with Gasteiger partial charge in [-0.15, -0.1) is 0 Å². The van der Waals surface area contributed by atoms with Crippen molar-refractivity contribution < 1.29 is 5.11 Å². The third kappa shape index (κ3) is 7.80. The average Bonchev–Trinajstić information content (AvgIpc) is 2.05. The molecule has 0 heterocycles. The van der Waals surface area contributed by atoms with Crippen LogP contribution >= 0.6 is 0 Å².